The highest BCUT2D eigenvalue weighted by molar-refractivity contribution is 6.01. The summed E-state index contributed by atoms with van der Waals surface area (Å²) in [6.07, 6.45) is 1.15. The molecular formula is C29H34N6O6. The molecule has 0 bridgehead atoms. The fourth-order valence-electron chi connectivity index (χ4n) is 4.11. The van der Waals surface area contributed by atoms with Crippen molar-refractivity contribution in [2.24, 2.45) is 5.73 Å². The summed E-state index contributed by atoms with van der Waals surface area (Å²) in [5.74, 6) is -1.01. The summed E-state index contributed by atoms with van der Waals surface area (Å²) in [7, 11) is 4.53. The molecular weight excluding hydrogens is 528 g/mol. The summed E-state index contributed by atoms with van der Waals surface area (Å²) >= 11 is 0. The summed E-state index contributed by atoms with van der Waals surface area (Å²) in [4.78, 5) is 55.9. The number of para-hydroxylation sites is 1. The number of ether oxygens (including phenoxy) is 1. The van der Waals surface area contributed by atoms with Crippen molar-refractivity contribution < 1.29 is 29.0 Å². The van der Waals surface area contributed by atoms with Gasteiger partial charge in [-0.1, -0.05) is 30.3 Å². The summed E-state index contributed by atoms with van der Waals surface area (Å²) in [5.41, 5.74) is 8.64. The molecule has 1 heterocycles. The number of carboxylic acids is 1. The van der Waals surface area contributed by atoms with Crippen molar-refractivity contribution in [3.05, 3.63) is 77.5 Å². The summed E-state index contributed by atoms with van der Waals surface area (Å²) < 4.78 is 5.44. The van der Waals surface area contributed by atoms with Crippen molar-refractivity contribution in [1.29, 1.82) is 0 Å². The molecule has 41 heavy (non-hydrogen) atoms. The number of aryl methyl sites for hydroxylation is 1. The molecule has 3 rings (SSSR count). The van der Waals surface area contributed by atoms with Gasteiger partial charge in [-0.05, 0) is 47.9 Å². The van der Waals surface area contributed by atoms with Gasteiger partial charge in [0.1, 0.15) is 11.6 Å². The molecule has 216 valence electrons. The lowest BCUT2D eigenvalue weighted by Crippen LogP contribution is -2.37. The monoisotopic (exact) mass is 562 g/mol. The van der Waals surface area contributed by atoms with Crippen LogP contribution in [0.1, 0.15) is 29.2 Å². The molecule has 1 unspecified atom stereocenters. The van der Waals surface area contributed by atoms with Crippen LogP contribution in [0, 0.1) is 6.92 Å². The highest BCUT2D eigenvalue weighted by Crippen LogP contribution is 2.28. The van der Waals surface area contributed by atoms with Crippen LogP contribution >= 0.6 is 0 Å². The van der Waals surface area contributed by atoms with Gasteiger partial charge in [-0.15, -0.1) is 0 Å². The van der Waals surface area contributed by atoms with Gasteiger partial charge in [-0.2, -0.15) is 0 Å². The molecule has 12 nitrogen and oxygen atoms in total. The smallest absolute Gasteiger partial charge is 0.323 e. The van der Waals surface area contributed by atoms with Crippen molar-refractivity contribution in [2.45, 2.75) is 25.8 Å². The zero-order chi connectivity index (χ0) is 30.1. The maximum absolute atomic E-state index is 13.0. The van der Waals surface area contributed by atoms with Crippen molar-refractivity contribution in [1.82, 2.24) is 9.88 Å². The second-order valence-corrected chi connectivity index (χ2v) is 9.33. The molecule has 0 spiro atoms. The molecule has 0 radical (unpaired) electrons. The van der Waals surface area contributed by atoms with Gasteiger partial charge in [-0.25, -0.2) is 9.78 Å². The van der Waals surface area contributed by atoms with Crippen LogP contribution in [-0.2, 0) is 20.8 Å². The fraction of sp³-hybridized carbons (Fsp3) is 0.276. The number of carbonyl (C=O) groups is 4. The van der Waals surface area contributed by atoms with Crippen molar-refractivity contribution >= 4 is 41.0 Å². The highest BCUT2D eigenvalue weighted by Gasteiger charge is 2.24. The molecule has 0 aliphatic heterocycles. The van der Waals surface area contributed by atoms with Crippen LogP contribution in [0.4, 0.5) is 22.0 Å². The maximum atomic E-state index is 13.0. The highest BCUT2D eigenvalue weighted by atomic mass is 16.5. The predicted molar refractivity (Wildman–Crippen MR) is 155 cm³/mol. The Balaban J connectivity index is 1.68. The number of nitrogens with two attached hydrogens (primary N) is 1. The van der Waals surface area contributed by atoms with Crippen LogP contribution in [0.15, 0.2) is 60.8 Å². The molecule has 0 aliphatic rings. The number of benzene rings is 2. The molecule has 0 aliphatic carbocycles. The number of carboxylic acid groups (broad SMARTS) is 1. The number of urea groups is 1. The number of nitrogens with one attached hydrogen (secondary N) is 2. The Hall–Kier alpha value is -4.97. The van der Waals surface area contributed by atoms with Gasteiger partial charge < -0.3 is 31.1 Å². The van der Waals surface area contributed by atoms with Crippen LogP contribution in [0.5, 0.6) is 5.75 Å². The number of aliphatic carboxylic acids is 1. The lowest BCUT2D eigenvalue weighted by atomic mass is 10.0. The van der Waals surface area contributed by atoms with E-state index < -0.39 is 23.9 Å². The average molecular weight is 563 g/mol. The Bertz CT molecular complexity index is 1410. The third kappa shape index (κ3) is 8.02. The first-order valence-corrected chi connectivity index (χ1v) is 12.7. The van der Waals surface area contributed by atoms with E-state index >= 15 is 0 Å². The topological polar surface area (TPSA) is 167 Å². The largest absolute Gasteiger partial charge is 0.495 e. The van der Waals surface area contributed by atoms with E-state index in [0.717, 1.165) is 5.56 Å². The third-order valence-electron chi connectivity index (χ3n) is 6.54. The fourth-order valence-corrected chi connectivity index (χ4v) is 4.11. The molecule has 1 atom stereocenters. The van der Waals surface area contributed by atoms with E-state index in [1.807, 2.05) is 25.1 Å². The van der Waals surface area contributed by atoms with E-state index in [9.17, 15) is 24.3 Å². The minimum Gasteiger partial charge on any atom is -0.495 e. The van der Waals surface area contributed by atoms with Gasteiger partial charge in [0.05, 0.1) is 38.2 Å². The number of anilines is 3. The third-order valence-corrected chi connectivity index (χ3v) is 6.54. The number of likely N-dealkylation sites (N-methyl/N-ethyl adjacent to an activating group) is 2. The van der Waals surface area contributed by atoms with Crippen molar-refractivity contribution in [2.75, 3.05) is 43.3 Å². The number of rotatable bonds is 11. The molecule has 12 heteroatoms. The number of methoxy groups -OCH3 is 1. The molecule has 0 saturated heterocycles. The van der Waals surface area contributed by atoms with Crippen LogP contribution in [0.2, 0.25) is 0 Å². The Labute approximate surface area is 238 Å². The summed E-state index contributed by atoms with van der Waals surface area (Å²) in [5, 5.41) is 14.9. The summed E-state index contributed by atoms with van der Waals surface area (Å²) in [6, 6.07) is 14.5. The first-order valence-electron chi connectivity index (χ1n) is 12.7. The Morgan fingerprint density at radius 3 is 2.32 bits per heavy atom. The van der Waals surface area contributed by atoms with Gasteiger partial charge in [-0.3, -0.25) is 19.3 Å². The zero-order valence-corrected chi connectivity index (χ0v) is 23.4. The normalized spacial score (nSPS) is 11.2. The van der Waals surface area contributed by atoms with Crippen LogP contribution in [0.3, 0.4) is 0 Å². The number of hydrogen-bond acceptors (Lipinski definition) is 7. The molecule has 2 aromatic carbocycles. The Kier molecular flexibility index (Phi) is 10.4. The van der Waals surface area contributed by atoms with E-state index in [1.54, 1.807) is 43.4 Å². The van der Waals surface area contributed by atoms with Crippen LogP contribution in [-0.4, -0.2) is 66.6 Å². The standard InChI is InChI=1S/C29H34N6O6/c1-18-7-5-6-8-21(18)32-29(40)33-22-11-9-19(13-24(22)41-4)14-26(36)35(3)25-12-10-20(17-31-25)23(15-28(38)39)34(2)27(37)16-30/h5-13,17,23H,14-16,30H2,1-4H3,(H,38,39)(H2,32,33,40). The number of pyridine rings is 1. The Morgan fingerprint density at radius 2 is 1.71 bits per heavy atom. The molecule has 0 fully saturated rings. The first-order chi connectivity index (χ1) is 19.5. The lowest BCUT2D eigenvalue weighted by Gasteiger charge is -2.27. The molecule has 4 amide bonds. The second-order valence-electron chi connectivity index (χ2n) is 9.33. The number of amides is 4. The second kappa shape index (κ2) is 13.9. The van der Waals surface area contributed by atoms with Crippen molar-refractivity contribution in [3.63, 3.8) is 0 Å². The maximum Gasteiger partial charge on any atom is 0.323 e. The van der Waals surface area contributed by atoms with Gasteiger partial charge in [0.2, 0.25) is 11.8 Å². The Morgan fingerprint density at radius 1 is 1.00 bits per heavy atom. The van der Waals surface area contributed by atoms with Gasteiger partial charge in [0.15, 0.2) is 0 Å². The molecule has 5 N–H and O–H groups in total. The number of carbonyl (C=O) groups excluding carboxylic acids is 3. The first kappa shape index (κ1) is 30.6. The van der Waals surface area contributed by atoms with E-state index in [1.165, 1.54) is 30.2 Å². The number of hydrogen-bond donors (Lipinski definition) is 4. The average Bonchev–Trinajstić information content (AvgIpc) is 2.96. The quantitative estimate of drug-likeness (QED) is 0.276. The van der Waals surface area contributed by atoms with Gasteiger partial charge in [0.25, 0.3) is 0 Å². The zero-order valence-electron chi connectivity index (χ0n) is 23.4. The van der Waals surface area contributed by atoms with E-state index in [2.05, 4.69) is 15.6 Å². The van der Waals surface area contributed by atoms with Crippen molar-refractivity contribution in [3.8, 4) is 5.75 Å². The number of aromatic nitrogens is 1. The molecule has 0 saturated carbocycles. The van der Waals surface area contributed by atoms with Crippen LogP contribution < -0.4 is 26.0 Å². The molecule has 3 aromatic rings. The minimum atomic E-state index is -1.08. The van der Waals surface area contributed by atoms with E-state index in [-0.39, 0.29) is 25.3 Å². The summed E-state index contributed by atoms with van der Waals surface area (Å²) in [6.45, 7) is 1.64. The minimum absolute atomic E-state index is 0.0291. The van der Waals surface area contributed by atoms with E-state index in [4.69, 9.17) is 10.5 Å². The molecule has 1 aromatic heterocycles. The predicted octanol–water partition coefficient (Wildman–Crippen LogP) is 3.18. The van der Waals surface area contributed by atoms with Crippen LogP contribution in [0.25, 0.3) is 0 Å². The van der Waals surface area contributed by atoms with E-state index in [0.29, 0.717) is 34.1 Å². The SMILES string of the molecule is COc1cc(CC(=O)N(C)c2ccc(C(CC(=O)O)N(C)C(=O)CN)cn2)ccc1NC(=O)Nc1ccccc1C. The van der Waals surface area contributed by atoms with Gasteiger partial charge >= 0.3 is 12.0 Å². The van der Waals surface area contributed by atoms with Gasteiger partial charge in [0, 0.05) is 26.0 Å². The lowest BCUT2D eigenvalue weighted by molar-refractivity contribution is -0.140. The number of nitrogens with zero attached hydrogens (tertiary/aromatic N) is 3.